The van der Waals surface area contributed by atoms with Gasteiger partial charge in [-0.1, -0.05) is 0 Å². The lowest BCUT2D eigenvalue weighted by Gasteiger charge is -2.27. The number of ether oxygens (including phenoxy) is 1. The number of hydrogen-bond acceptors (Lipinski definition) is 5. The molecular formula is C17H17F3N4O2. The first-order valence-corrected chi connectivity index (χ1v) is 8.00. The maximum absolute atomic E-state index is 12.6. The second-order valence-corrected chi connectivity index (χ2v) is 5.82. The summed E-state index contributed by atoms with van der Waals surface area (Å²) in [6.45, 7) is 4.13. The fourth-order valence-electron chi connectivity index (χ4n) is 2.51. The second-order valence-electron chi connectivity index (χ2n) is 5.82. The number of rotatable bonds is 3. The number of nitrogens with zero attached hydrogens (tertiary/aromatic N) is 3. The molecule has 1 aromatic heterocycles. The van der Waals surface area contributed by atoms with Crippen molar-refractivity contribution in [2.45, 2.75) is 13.1 Å². The Balaban J connectivity index is 1.76. The lowest BCUT2D eigenvalue weighted by Crippen LogP contribution is -2.37. The summed E-state index contributed by atoms with van der Waals surface area (Å²) >= 11 is 0. The molecule has 2 aromatic rings. The normalized spacial score (nSPS) is 15.0. The van der Waals surface area contributed by atoms with Crippen molar-refractivity contribution in [2.24, 2.45) is 0 Å². The lowest BCUT2D eigenvalue weighted by molar-refractivity contribution is -0.137. The molecule has 1 aromatic carbocycles. The molecule has 3 rings (SSSR count). The molecule has 0 unspecified atom stereocenters. The zero-order chi connectivity index (χ0) is 18.7. The van der Waals surface area contributed by atoms with Crippen LogP contribution in [-0.2, 0) is 10.9 Å². The Morgan fingerprint density at radius 3 is 2.42 bits per heavy atom. The molecule has 138 valence electrons. The Hall–Kier alpha value is -2.68. The van der Waals surface area contributed by atoms with E-state index in [0.717, 1.165) is 12.1 Å². The van der Waals surface area contributed by atoms with E-state index in [1.54, 1.807) is 6.92 Å². The number of anilines is 2. The van der Waals surface area contributed by atoms with Gasteiger partial charge in [0.1, 0.15) is 5.69 Å². The van der Waals surface area contributed by atoms with Crippen LogP contribution in [0, 0.1) is 6.92 Å². The van der Waals surface area contributed by atoms with E-state index in [-0.39, 0.29) is 11.4 Å². The summed E-state index contributed by atoms with van der Waals surface area (Å²) in [5, 5.41) is 2.55. The molecule has 1 amide bonds. The molecule has 26 heavy (non-hydrogen) atoms. The van der Waals surface area contributed by atoms with Crippen molar-refractivity contribution < 1.29 is 22.7 Å². The molecule has 0 radical (unpaired) electrons. The van der Waals surface area contributed by atoms with Gasteiger partial charge in [-0.25, -0.2) is 9.97 Å². The maximum atomic E-state index is 12.6. The average Bonchev–Trinajstić information content (AvgIpc) is 2.61. The Kier molecular flexibility index (Phi) is 5.08. The third-order valence-corrected chi connectivity index (χ3v) is 3.84. The predicted molar refractivity (Wildman–Crippen MR) is 89.2 cm³/mol. The Bertz CT molecular complexity index is 788. The largest absolute Gasteiger partial charge is 0.416 e. The highest BCUT2D eigenvalue weighted by Crippen LogP contribution is 2.29. The summed E-state index contributed by atoms with van der Waals surface area (Å²) in [4.78, 5) is 23.0. The standard InChI is InChI=1S/C17H17F3N4O2/c1-11-10-14(23-16(21-11)24-6-8-26-9-7-24)15(25)22-13-4-2-12(3-5-13)17(18,19)20/h2-5,10H,6-9H2,1H3,(H,22,25). The number of aromatic nitrogens is 2. The fourth-order valence-corrected chi connectivity index (χ4v) is 2.51. The van der Waals surface area contributed by atoms with E-state index in [2.05, 4.69) is 15.3 Å². The van der Waals surface area contributed by atoms with Crippen molar-refractivity contribution in [1.82, 2.24) is 9.97 Å². The van der Waals surface area contributed by atoms with Crippen molar-refractivity contribution in [1.29, 1.82) is 0 Å². The lowest BCUT2D eigenvalue weighted by atomic mass is 10.2. The number of carbonyl (C=O) groups is 1. The molecule has 0 bridgehead atoms. The van der Waals surface area contributed by atoms with Gasteiger partial charge in [-0.2, -0.15) is 13.2 Å². The van der Waals surface area contributed by atoms with Crippen LogP contribution in [0.25, 0.3) is 0 Å². The summed E-state index contributed by atoms with van der Waals surface area (Å²) in [7, 11) is 0. The van der Waals surface area contributed by atoms with Crippen LogP contribution in [-0.4, -0.2) is 42.2 Å². The van der Waals surface area contributed by atoms with E-state index in [4.69, 9.17) is 4.74 Å². The molecule has 9 heteroatoms. The molecule has 1 aliphatic heterocycles. The summed E-state index contributed by atoms with van der Waals surface area (Å²) in [5.41, 5.74) is 0.258. The number of hydrogen-bond donors (Lipinski definition) is 1. The molecular weight excluding hydrogens is 349 g/mol. The fraction of sp³-hybridized carbons (Fsp3) is 0.353. The van der Waals surface area contributed by atoms with Crippen molar-refractivity contribution in [3.05, 3.63) is 47.3 Å². The van der Waals surface area contributed by atoms with Crippen LogP contribution in [0.3, 0.4) is 0 Å². The van der Waals surface area contributed by atoms with Crippen LogP contribution in [0.2, 0.25) is 0 Å². The van der Waals surface area contributed by atoms with Gasteiger partial charge in [0.2, 0.25) is 5.95 Å². The minimum absolute atomic E-state index is 0.152. The van der Waals surface area contributed by atoms with E-state index < -0.39 is 17.6 Å². The van der Waals surface area contributed by atoms with Crippen LogP contribution in [0.4, 0.5) is 24.8 Å². The zero-order valence-electron chi connectivity index (χ0n) is 14.0. The number of morpholine rings is 1. The van der Waals surface area contributed by atoms with Crippen molar-refractivity contribution >= 4 is 17.5 Å². The van der Waals surface area contributed by atoms with Gasteiger partial charge in [0, 0.05) is 24.5 Å². The second kappa shape index (κ2) is 7.28. The van der Waals surface area contributed by atoms with E-state index in [0.29, 0.717) is 37.9 Å². The van der Waals surface area contributed by atoms with Crippen molar-refractivity contribution in [2.75, 3.05) is 36.5 Å². The first kappa shape index (κ1) is 18.1. The molecule has 0 aliphatic carbocycles. The van der Waals surface area contributed by atoms with Gasteiger partial charge in [0.05, 0.1) is 18.8 Å². The first-order chi connectivity index (χ1) is 12.3. The number of benzene rings is 1. The van der Waals surface area contributed by atoms with Crippen LogP contribution in [0.1, 0.15) is 21.7 Å². The summed E-state index contributed by atoms with van der Waals surface area (Å²) in [5.74, 6) is -0.0735. The van der Waals surface area contributed by atoms with E-state index in [1.165, 1.54) is 18.2 Å². The number of carbonyl (C=O) groups excluding carboxylic acids is 1. The topological polar surface area (TPSA) is 67.4 Å². The average molecular weight is 366 g/mol. The Morgan fingerprint density at radius 1 is 1.15 bits per heavy atom. The van der Waals surface area contributed by atoms with Crippen molar-refractivity contribution in [3.8, 4) is 0 Å². The van der Waals surface area contributed by atoms with E-state index in [9.17, 15) is 18.0 Å². The smallest absolute Gasteiger partial charge is 0.378 e. The molecule has 0 saturated carbocycles. The van der Waals surface area contributed by atoms with Gasteiger partial charge in [-0.15, -0.1) is 0 Å². The maximum Gasteiger partial charge on any atom is 0.416 e. The number of nitrogens with one attached hydrogen (secondary N) is 1. The minimum Gasteiger partial charge on any atom is -0.378 e. The number of amides is 1. The molecule has 1 aliphatic rings. The number of halogens is 3. The Morgan fingerprint density at radius 2 is 1.81 bits per heavy atom. The molecule has 1 saturated heterocycles. The Labute approximate surface area is 148 Å². The van der Waals surface area contributed by atoms with Crippen molar-refractivity contribution in [3.63, 3.8) is 0 Å². The van der Waals surface area contributed by atoms with Gasteiger partial charge < -0.3 is 15.0 Å². The number of aryl methyl sites for hydroxylation is 1. The quantitative estimate of drug-likeness (QED) is 0.905. The van der Waals surface area contributed by atoms with Crippen LogP contribution < -0.4 is 10.2 Å². The predicted octanol–water partition coefficient (Wildman–Crippen LogP) is 2.89. The molecule has 2 heterocycles. The van der Waals surface area contributed by atoms with E-state index >= 15 is 0 Å². The van der Waals surface area contributed by atoms with Gasteiger partial charge in [-0.05, 0) is 37.3 Å². The highest BCUT2D eigenvalue weighted by Gasteiger charge is 2.30. The number of alkyl halides is 3. The molecule has 0 atom stereocenters. The molecule has 1 fully saturated rings. The third-order valence-electron chi connectivity index (χ3n) is 3.84. The zero-order valence-corrected chi connectivity index (χ0v) is 14.0. The van der Waals surface area contributed by atoms with Crippen LogP contribution >= 0.6 is 0 Å². The molecule has 1 N–H and O–H groups in total. The summed E-state index contributed by atoms with van der Waals surface area (Å²) < 4.78 is 43.1. The molecule has 0 spiro atoms. The monoisotopic (exact) mass is 366 g/mol. The SMILES string of the molecule is Cc1cc(C(=O)Nc2ccc(C(F)(F)F)cc2)nc(N2CCOCC2)n1. The van der Waals surface area contributed by atoms with Crippen LogP contribution in [0.5, 0.6) is 0 Å². The minimum atomic E-state index is -4.42. The highest BCUT2D eigenvalue weighted by molar-refractivity contribution is 6.03. The van der Waals surface area contributed by atoms with Crippen LogP contribution in [0.15, 0.2) is 30.3 Å². The summed E-state index contributed by atoms with van der Waals surface area (Å²) in [6, 6.07) is 5.78. The third kappa shape index (κ3) is 4.29. The first-order valence-electron chi connectivity index (χ1n) is 8.00. The summed E-state index contributed by atoms with van der Waals surface area (Å²) in [6.07, 6.45) is -4.42. The van der Waals surface area contributed by atoms with E-state index in [1.807, 2.05) is 4.90 Å². The van der Waals surface area contributed by atoms with Gasteiger partial charge in [-0.3, -0.25) is 4.79 Å². The van der Waals surface area contributed by atoms with Gasteiger partial charge >= 0.3 is 6.18 Å². The van der Waals surface area contributed by atoms with Gasteiger partial charge in [0.15, 0.2) is 0 Å². The molecule has 6 nitrogen and oxygen atoms in total. The highest BCUT2D eigenvalue weighted by atomic mass is 19.4. The van der Waals surface area contributed by atoms with Gasteiger partial charge in [0.25, 0.3) is 5.91 Å².